The molecule has 2 aliphatic heterocycles. The van der Waals surface area contributed by atoms with Crippen molar-refractivity contribution in [2.75, 3.05) is 0 Å². The minimum Gasteiger partial charge on any atom is -0.309 e. The smallest absolute Gasteiger partial charge is 0.252 e. The average molecular weight is 1470 g/mol. The number of hydrogen-bond acceptors (Lipinski definition) is 0. The lowest BCUT2D eigenvalue weighted by Gasteiger charge is -2.37. The molecule has 18 aromatic carbocycles. The van der Waals surface area contributed by atoms with E-state index in [1.165, 1.54) is 9.13 Å². The molecule has 0 aliphatic carbocycles. The van der Waals surface area contributed by atoms with E-state index in [9.17, 15) is 30.2 Å². The average Bonchev–Trinajstić information content (AvgIpc) is 1.06. The molecular formula is C108H66BN5. The van der Waals surface area contributed by atoms with Gasteiger partial charge in [-0.15, -0.1) is 0 Å². The van der Waals surface area contributed by atoms with E-state index in [0.717, 1.165) is 27.5 Å². The molecule has 0 radical (unpaired) electrons. The predicted molar refractivity (Wildman–Crippen MR) is 484 cm³/mol. The van der Waals surface area contributed by atoms with Gasteiger partial charge in [-0.05, 0) is 160 Å². The second-order valence-electron chi connectivity index (χ2n) is 29.1. The summed E-state index contributed by atoms with van der Waals surface area (Å²) in [7, 11) is 0. The van der Waals surface area contributed by atoms with Crippen molar-refractivity contribution in [1.82, 2.24) is 22.8 Å². The Morgan fingerprint density at radius 1 is 0.211 bits per heavy atom. The second kappa shape index (κ2) is 24.3. The Hall–Kier alpha value is -15.0. The lowest BCUT2D eigenvalue weighted by atomic mass is 9.34. The van der Waals surface area contributed by atoms with E-state index in [0.29, 0.717) is 92.7 Å². The number of rotatable bonds is 6. The van der Waals surface area contributed by atoms with Crippen LogP contribution in [0.15, 0.2) is 400 Å². The van der Waals surface area contributed by atoms with E-state index in [1.54, 1.807) is 12.1 Å². The van der Waals surface area contributed by atoms with E-state index >= 15 is 0 Å². The van der Waals surface area contributed by atoms with Gasteiger partial charge in [0.2, 0.25) is 0 Å². The number of fused-ring (bicyclic) bond motifs is 27. The molecule has 25 rings (SSSR count). The van der Waals surface area contributed by atoms with Crippen LogP contribution in [0, 0.1) is 0 Å². The van der Waals surface area contributed by atoms with Gasteiger partial charge >= 0.3 is 0 Å². The van der Waals surface area contributed by atoms with E-state index in [2.05, 4.69) is 4.57 Å². The topological polar surface area (TPSA) is 24.6 Å². The van der Waals surface area contributed by atoms with Gasteiger partial charge in [-0.2, -0.15) is 0 Å². The Morgan fingerprint density at radius 2 is 0.570 bits per heavy atom. The first-order valence-electron chi connectivity index (χ1n) is 48.8. The normalized spacial score (nSPS) is 15.1. The van der Waals surface area contributed by atoms with E-state index < -0.39 is 128 Å². The third kappa shape index (κ3) is 8.79. The molecule has 2 aliphatic rings. The first kappa shape index (κ1) is 45.2. The summed E-state index contributed by atoms with van der Waals surface area (Å²) < 4.78 is 239. The van der Waals surface area contributed by atoms with E-state index in [-0.39, 0.29) is 122 Å². The molecule has 0 unspecified atom stereocenters. The number of hydrogen-bond donors (Lipinski definition) is 0. The van der Waals surface area contributed by atoms with Crippen LogP contribution in [-0.4, -0.2) is 29.5 Å². The Balaban J connectivity index is 1.05. The van der Waals surface area contributed by atoms with Gasteiger partial charge in [0.05, 0.1) is 96.7 Å². The molecule has 114 heavy (non-hydrogen) atoms. The molecular weight excluding hydrogens is 1380 g/mol. The fourth-order valence-corrected chi connectivity index (χ4v) is 18.9. The molecule has 23 aromatic rings. The summed E-state index contributed by atoms with van der Waals surface area (Å²) in [5, 5.41) is 5.38. The Morgan fingerprint density at radius 3 is 1.02 bits per heavy atom. The molecule has 0 fully saturated rings. The number of nitrogens with zero attached hydrogens (tertiary/aromatic N) is 5. The summed E-state index contributed by atoms with van der Waals surface area (Å²) in [5.41, 5.74) is 3.75. The molecule has 0 amide bonds. The van der Waals surface area contributed by atoms with Crippen LogP contribution in [0.25, 0.3) is 214 Å². The highest BCUT2D eigenvalue weighted by atomic mass is 15.1. The van der Waals surface area contributed by atoms with Gasteiger partial charge in [0, 0.05) is 82.1 Å². The maximum Gasteiger partial charge on any atom is 0.252 e. The Bertz CT molecular complexity index is 9100. The van der Waals surface area contributed by atoms with Crippen LogP contribution in [0.1, 0.15) is 30.2 Å². The third-order valence-corrected chi connectivity index (χ3v) is 23.4. The number of para-hydroxylation sites is 8. The SMILES string of the molecule is [2H]c1c(-c2ccc3c(c2)c2ccccc2n3-c2ccccc2)c([2H])c2c3c1-n1c4c(-c5ccccc5)cccc4c4ccccc4c4ccccc4c4c(-n5c6c([2H])c([2H])c([2H])c([2H])c6c6c([2H])c([2H])c([2H])c([2H])c65)c([2H])c([2H])c(c41)B3c1c([2H])c([2H])c(-n3c4c([2H])c([2H])c([2H])c([2H])c4c4c([2H])c([2H])c([2H])c([2H])c43)c3c4ccccc4c4ccccc4c4cccc(-c5ccccc5)c4n-2c13. The fourth-order valence-electron chi connectivity index (χ4n) is 18.9. The summed E-state index contributed by atoms with van der Waals surface area (Å²) in [6.07, 6.45) is 0. The molecule has 0 saturated carbocycles. The molecule has 0 atom stereocenters. The summed E-state index contributed by atoms with van der Waals surface area (Å²) in [6.45, 7) is -1.80. The predicted octanol–water partition coefficient (Wildman–Crippen LogP) is 26.2. The molecule has 7 heterocycles. The first-order chi connectivity index (χ1) is 65.8. The lowest BCUT2D eigenvalue weighted by molar-refractivity contribution is 1.13. The maximum atomic E-state index is 12.4. The highest BCUT2D eigenvalue weighted by Crippen LogP contribution is 2.49. The molecule has 0 saturated heterocycles. The molecule has 5 aromatic heterocycles. The standard InChI is InChI=1S/C108H66BN5/c1-4-30-67(31-5-1)72-49-28-51-87-78-40-12-10-36-74(78)76-38-14-16-47-85(76)102-98(111-93-54-24-18-42-80(93)81-43-19-25-55-94(81)111)62-59-90-107(102)113(105(72)87)100-65-70(69-58-61-97-89(64-69)84-46-22-23-53-92(84)110(97)71-34-8-3-9-35-71)66-101-104(100)109(90)91-60-63-99(112-95-56-26-20-44-82(95)83-45-21-27-57-96(83)112)103-86-48-17-15-39-77(86)75-37-11-13-41-79(75)88-52-29-50-73(68-32-6-2-7-33-68)106(88)114(101)108(91)103/h1-66H/i18D,19D,20D,21D,24D,25D,26D,27D,42D,43D,44D,45D,54D,55D,56D,57D,59D,60D,62D,63D,65D,66D. The van der Waals surface area contributed by atoms with Crippen LogP contribution >= 0.6 is 0 Å². The third-order valence-electron chi connectivity index (χ3n) is 23.4. The van der Waals surface area contributed by atoms with Crippen molar-refractivity contribution >= 4 is 175 Å². The molecule has 526 valence electrons. The van der Waals surface area contributed by atoms with Crippen molar-refractivity contribution in [2.45, 2.75) is 0 Å². The van der Waals surface area contributed by atoms with Gasteiger partial charge in [0.25, 0.3) is 6.71 Å². The first-order valence-corrected chi connectivity index (χ1v) is 37.8. The minimum atomic E-state index is -1.80. The Labute approximate surface area is 686 Å². The van der Waals surface area contributed by atoms with Gasteiger partial charge < -0.3 is 22.8 Å². The van der Waals surface area contributed by atoms with Crippen molar-refractivity contribution in [1.29, 1.82) is 0 Å². The molecule has 0 spiro atoms. The van der Waals surface area contributed by atoms with Crippen LogP contribution < -0.4 is 16.4 Å². The molecule has 5 nitrogen and oxygen atoms in total. The van der Waals surface area contributed by atoms with E-state index in [1.807, 2.05) is 264 Å². The monoisotopic (exact) mass is 1470 g/mol. The van der Waals surface area contributed by atoms with Gasteiger partial charge in [-0.25, -0.2) is 0 Å². The van der Waals surface area contributed by atoms with Crippen molar-refractivity contribution in [3.05, 3.63) is 400 Å². The number of aromatic nitrogens is 5. The van der Waals surface area contributed by atoms with Crippen molar-refractivity contribution in [3.63, 3.8) is 0 Å². The number of benzene rings is 18. The van der Waals surface area contributed by atoms with Gasteiger partial charge in [0.1, 0.15) is 0 Å². The van der Waals surface area contributed by atoms with Crippen LogP contribution in [-0.2, 0) is 0 Å². The fraction of sp³-hybridized carbons (Fsp3) is 0. The van der Waals surface area contributed by atoms with Crippen molar-refractivity contribution in [3.8, 4) is 61.8 Å². The highest BCUT2D eigenvalue weighted by molar-refractivity contribution is 7.00. The second-order valence-corrected chi connectivity index (χ2v) is 29.1. The van der Waals surface area contributed by atoms with Crippen LogP contribution in [0.2, 0.25) is 0 Å². The molecule has 0 N–H and O–H groups in total. The summed E-state index contributed by atoms with van der Waals surface area (Å²) in [6, 6.07) is 70.2. The van der Waals surface area contributed by atoms with Gasteiger partial charge in [-0.3, -0.25) is 0 Å². The minimum absolute atomic E-state index is 0.00687. The largest absolute Gasteiger partial charge is 0.309 e. The molecule has 6 heteroatoms. The van der Waals surface area contributed by atoms with Gasteiger partial charge in [0.15, 0.2) is 0 Å². The summed E-state index contributed by atoms with van der Waals surface area (Å²) in [4.78, 5) is 0. The van der Waals surface area contributed by atoms with Crippen molar-refractivity contribution in [2.24, 2.45) is 0 Å². The van der Waals surface area contributed by atoms with Crippen LogP contribution in [0.3, 0.4) is 0 Å². The highest BCUT2D eigenvalue weighted by Gasteiger charge is 2.42. The zero-order valence-corrected chi connectivity index (χ0v) is 60.2. The lowest BCUT2D eigenvalue weighted by Crippen LogP contribution is -2.60. The zero-order chi connectivity index (χ0) is 93.5. The van der Waals surface area contributed by atoms with E-state index in [4.69, 9.17) is 0 Å². The quantitative estimate of drug-likeness (QED) is 0.148. The van der Waals surface area contributed by atoms with Crippen LogP contribution in [0.5, 0.6) is 0 Å². The van der Waals surface area contributed by atoms with Crippen molar-refractivity contribution < 1.29 is 30.2 Å². The van der Waals surface area contributed by atoms with Crippen LogP contribution in [0.4, 0.5) is 0 Å². The summed E-state index contributed by atoms with van der Waals surface area (Å²) >= 11 is 0. The summed E-state index contributed by atoms with van der Waals surface area (Å²) in [5.74, 6) is 0. The zero-order valence-electron chi connectivity index (χ0n) is 82.2. The molecule has 0 bridgehead atoms. The Kier molecular flexibility index (Phi) is 9.63. The maximum absolute atomic E-state index is 12.4. The van der Waals surface area contributed by atoms with Gasteiger partial charge in [-0.1, -0.05) is 321 Å².